The Morgan fingerprint density at radius 2 is 1.85 bits per heavy atom. The van der Waals surface area contributed by atoms with Crippen LogP contribution in [0.25, 0.3) is 0 Å². The Bertz CT molecular complexity index is 167. The summed E-state index contributed by atoms with van der Waals surface area (Å²) in [6.07, 6.45) is -4.74. The molecule has 5 atom stereocenters. The minimum Gasteiger partial charge on any atom is -0.394 e. The van der Waals surface area contributed by atoms with Gasteiger partial charge in [-0.1, -0.05) is 0 Å². The predicted molar refractivity (Wildman–Crippen MR) is 42.9 cm³/mol. The lowest BCUT2D eigenvalue weighted by molar-refractivity contribution is -0.118. The Morgan fingerprint density at radius 1 is 1.23 bits per heavy atom. The molecular weight excluding hydrogens is 178 g/mol. The van der Waals surface area contributed by atoms with Gasteiger partial charge in [0, 0.05) is 6.54 Å². The molecule has 1 rings (SSSR count). The zero-order valence-electron chi connectivity index (χ0n) is 7.04. The van der Waals surface area contributed by atoms with Crippen molar-refractivity contribution in [2.75, 3.05) is 13.2 Å². The molecule has 1 aliphatic rings. The van der Waals surface area contributed by atoms with Crippen molar-refractivity contribution in [3.05, 3.63) is 0 Å². The third kappa shape index (κ3) is 2.16. The highest BCUT2D eigenvalue weighted by Crippen LogP contribution is 2.13. The lowest BCUT2D eigenvalue weighted by atomic mass is 9.93. The van der Waals surface area contributed by atoms with Crippen molar-refractivity contribution in [1.82, 2.24) is 5.32 Å². The van der Waals surface area contributed by atoms with Crippen LogP contribution in [-0.2, 0) is 0 Å². The molecule has 0 aromatic carbocycles. The first kappa shape index (κ1) is 10.8. The standard InChI is InChI=1S/C7H15NO5/c9-2-4(11)5-7(13)6(12)3(10)1-8-5/h3-13H,1-2H2/t3-,4-,5-,6+,7+/m0/s1. The fourth-order valence-electron chi connectivity index (χ4n) is 1.42. The Morgan fingerprint density at radius 3 is 2.38 bits per heavy atom. The lowest BCUT2D eigenvalue weighted by Crippen LogP contribution is -2.63. The molecule has 0 saturated carbocycles. The van der Waals surface area contributed by atoms with E-state index in [1.165, 1.54) is 0 Å². The summed E-state index contributed by atoms with van der Waals surface area (Å²) >= 11 is 0. The van der Waals surface area contributed by atoms with Gasteiger partial charge in [-0.15, -0.1) is 0 Å². The molecule has 6 heteroatoms. The van der Waals surface area contributed by atoms with Gasteiger partial charge in [-0.05, 0) is 0 Å². The predicted octanol–water partition coefficient (Wildman–Crippen LogP) is -3.61. The molecule has 0 spiro atoms. The van der Waals surface area contributed by atoms with Gasteiger partial charge in [-0.25, -0.2) is 0 Å². The highest BCUT2D eigenvalue weighted by Gasteiger charge is 2.39. The van der Waals surface area contributed by atoms with Crippen molar-refractivity contribution in [3.63, 3.8) is 0 Å². The average molecular weight is 193 g/mol. The minimum atomic E-state index is -1.28. The van der Waals surface area contributed by atoms with Crippen LogP contribution in [0.15, 0.2) is 0 Å². The molecule has 1 saturated heterocycles. The van der Waals surface area contributed by atoms with Gasteiger partial charge in [0.15, 0.2) is 0 Å². The molecule has 0 unspecified atom stereocenters. The van der Waals surface area contributed by atoms with E-state index in [1.54, 1.807) is 0 Å². The van der Waals surface area contributed by atoms with Crippen molar-refractivity contribution in [2.45, 2.75) is 30.5 Å². The molecule has 13 heavy (non-hydrogen) atoms. The Kier molecular flexibility index (Phi) is 3.60. The molecule has 0 aliphatic carbocycles. The molecule has 1 heterocycles. The van der Waals surface area contributed by atoms with Gasteiger partial charge in [0.25, 0.3) is 0 Å². The lowest BCUT2D eigenvalue weighted by Gasteiger charge is -2.37. The largest absolute Gasteiger partial charge is 0.394 e. The van der Waals surface area contributed by atoms with Crippen molar-refractivity contribution < 1.29 is 25.5 Å². The van der Waals surface area contributed by atoms with Crippen LogP contribution in [0, 0.1) is 0 Å². The van der Waals surface area contributed by atoms with Gasteiger partial charge >= 0.3 is 0 Å². The molecule has 1 fully saturated rings. The first-order valence-electron chi connectivity index (χ1n) is 4.14. The van der Waals surface area contributed by atoms with Crippen molar-refractivity contribution in [2.24, 2.45) is 0 Å². The maximum Gasteiger partial charge on any atom is 0.109 e. The average Bonchev–Trinajstić information content (AvgIpc) is 2.13. The quantitative estimate of drug-likeness (QED) is 0.270. The molecule has 0 aromatic rings. The summed E-state index contributed by atoms with van der Waals surface area (Å²) in [5, 5.41) is 48.1. The maximum atomic E-state index is 9.37. The van der Waals surface area contributed by atoms with Gasteiger partial charge in [0.2, 0.25) is 0 Å². The smallest absolute Gasteiger partial charge is 0.109 e. The molecule has 6 N–H and O–H groups in total. The second kappa shape index (κ2) is 4.32. The van der Waals surface area contributed by atoms with Gasteiger partial charge in [0.05, 0.1) is 24.9 Å². The van der Waals surface area contributed by atoms with E-state index in [9.17, 15) is 15.3 Å². The summed E-state index contributed by atoms with van der Waals surface area (Å²) in [6, 6.07) is -0.802. The second-order valence-corrected chi connectivity index (χ2v) is 3.23. The third-order valence-corrected chi connectivity index (χ3v) is 2.28. The van der Waals surface area contributed by atoms with Crippen LogP contribution in [0.2, 0.25) is 0 Å². The fraction of sp³-hybridized carbons (Fsp3) is 1.00. The van der Waals surface area contributed by atoms with Gasteiger partial charge in [-0.3, -0.25) is 0 Å². The van der Waals surface area contributed by atoms with Crippen molar-refractivity contribution in [3.8, 4) is 0 Å². The van der Waals surface area contributed by atoms with E-state index in [0.29, 0.717) is 0 Å². The van der Waals surface area contributed by atoms with Gasteiger partial charge in [0.1, 0.15) is 12.2 Å². The molecule has 1 aliphatic heterocycles. The van der Waals surface area contributed by atoms with Crippen LogP contribution in [0.5, 0.6) is 0 Å². The summed E-state index contributed by atoms with van der Waals surface area (Å²) in [4.78, 5) is 0. The summed E-state index contributed by atoms with van der Waals surface area (Å²) in [5.74, 6) is 0. The Balaban J connectivity index is 2.58. The number of β-amino-alcohol motifs (C(OH)–C–C–N with tert-alkyl or cyclic N) is 1. The summed E-state index contributed by atoms with van der Waals surface area (Å²) in [6.45, 7) is -0.419. The third-order valence-electron chi connectivity index (χ3n) is 2.28. The monoisotopic (exact) mass is 193 g/mol. The van der Waals surface area contributed by atoms with E-state index in [0.717, 1.165) is 0 Å². The number of hydrogen-bond acceptors (Lipinski definition) is 6. The van der Waals surface area contributed by atoms with Gasteiger partial charge in [-0.2, -0.15) is 0 Å². The van der Waals surface area contributed by atoms with E-state index in [-0.39, 0.29) is 6.54 Å². The SMILES string of the molecule is OC[C@H](O)[C@@H]1NC[C@H](O)[C@@H](O)[C@@H]1O. The van der Waals surface area contributed by atoms with Crippen molar-refractivity contribution in [1.29, 1.82) is 0 Å². The minimum absolute atomic E-state index is 0.0833. The second-order valence-electron chi connectivity index (χ2n) is 3.23. The van der Waals surface area contributed by atoms with Crippen LogP contribution >= 0.6 is 0 Å². The van der Waals surface area contributed by atoms with Crippen LogP contribution < -0.4 is 5.32 Å². The topological polar surface area (TPSA) is 113 Å². The van der Waals surface area contributed by atoms with Gasteiger partial charge < -0.3 is 30.8 Å². The molecular formula is C7H15NO5. The summed E-state index contributed by atoms with van der Waals surface area (Å²) in [7, 11) is 0. The number of hydrogen-bond donors (Lipinski definition) is 6. The van der Waals surface area contributed by atoms with Crippen molar-refractivity contribution >= 4 is 0 Å². The van der Waals surface area contributed by atoms with Crippen LogP contribution in [0.4, 0.5) is 0 Å². The molecule has 6 nitrogen and oxygen atoms in total. The van der Waals surface area contributed by atoms with E-state index in [4.69, 9.17) is 10.2 Å². The van der Waals surface area contributed by atoms with E-state index < -0.39 is 37.1 Å². The number of aliphatic hydroxyl groups excluding tert-OH is 5. The summed E-state index contributed by atoms with van der Waals surface area (Å²) < 4.78 is 0. The van der Waals surface area contributed by atoms with E-state index in [2.05, 4.69) is 5.32 Å². The first-order chi connectivity index (χ1) is 6.07. The highest BCUT2D eigenvalue weighted by atomic mass is 16.4. The first-order valence-corrected chi connectivity index (χ1v) is 4.14. The Labute approximate surface area is 75.4 Å². The van der Waals surface area contributed by atoms with E-state index >= 15 is 0 Å². The molecule has 0 bridgehead atoms. The molecule has 0 aromatic heterocycles. The number of rotatable bonds is 2. The van der Waals surface area contributed by atoms with Crippen LogP contribution in [-0.4, -0.2) is 69.1 Å². The number of aliphatic hydroxyl groups is 5. The number of piperidine rings is 1. The van der Waals surface area contributed by atoms with Crippen LogP contribution in [0.1, 0.15) is 0 Å². The zero-order chi connectivity index (χ0) is 10.0. The number of nitrogens with one attached hydrogen (secondary N) is 1. The van der Waals surface area contributed by atoms with Crippen LogP contribution in [0.3, 0.4) is 0 Å². The zero-order valence-corrected chi connectivity index (χ0v) is 7.04. The Hall–Kier alpha value is -0.240. The highest BCUT2D eigenvalue weighted by molar-refractivity contribution is 4.95. The normalized spacial score (nSPS) is 43.2. The van der Waals surface area contributed by atoms with E-state index in [1.807, 2.05) is 0 Å². The summed E-state index contributed by atoms with van der Waals surface area (Å²) in [5.41, 5.74) is 0. The molecule has 0 amide bonds. The molecule has 0 radical (unpaired) electrons. The molecule has 78 valence electrons. The maximum absolute atomic E-state index is 9.37. The fourth-order valence-corrected chi connectivity index (χ4v) is 1.42.